The summed E-state index contributed by atoms with van der Waals surface area (Å²) in [5, 5.41) is 9.01. The van der Waals surface area contributed by atoms with E-state index in [2.05, 4.69) is 6.58 Å². The van der Waals surface area contributed by atoms with Crippen molar-refractivity contribution < 1.29 is 19.1 Å². The molecular formula is C20H26N2O4. The van der Waals surface area contributed by atoms with Crippen molar-refractivity contribution in [3.05, 3.63) is 48.1 Å². The highest BCUT2D eigenvalue weighted by Gasteiger charge is 2.09. The highest BCUT2D eigenvalue weighted by Crippen LogP contribution is 2.16. The van der Waals surface area contributed by atoms with E-state index in [0.29, 0.717) is 6.54 Å². The Hall–Kier alpha value is -3.07. The summed E-state index contributed by atoms with van der Waals surface area (Å²) in [7, 11) is 1.87. The van der Waals surface area contributed by atoms with Gasteiger partial charge >= 0.3 is 11.9 Å². The second-order valence-electron chi connectivity index (χ2n) is 4.77. The van der Waals surface area contributed by atoms with E-state index in [0.717, 1.165) is 17.3 Å². The number of hydrogen-bond acceptors (Lipinski definition) is 6. The van der Waals surface area contributed by atoms with E-state index in [1.165, 1.54) is 6.08 Å². The van der Waals surface area contributed by atoms with Crippen LogP contribution in [-0.4, -0.2) is 38.7 Å². The SMILES string of the molecule is C=CC(=O)OCCN(C)c1ccc(/C=C(/C#N)C(=O)OCC)cc1.CC. The fourth-order valence-corrected chi connectivity index (χ4v) is 1.81. The molecule has 0 unspecified atom stereocenters. The van der Waals surface area contributed by atoms with Gasteiger partial charge in [-0.3, -0.25) is 0 Å². The van der Waals surface area contributed by atoms with Gasteiger partial charge in [0, 0.05) is 18.8 Å². The second-order valence-corrected chi connectivity index (χ2v) is 4.77. The van der Waals surface area contributed by atoms with Crippen molar-refractivity contribution in [1.29, 1.82) is 5.26 Å². The molecule has 0 fully saturated rings. The van der Waals surface area contributed by atoms with Gasteiger partial charge in [0.05, 0.1) is 13.2 Å². The van der Waals surface area contributed by atoms with Crippen LogP contribution < -0.4 is 4.90 Å². The molecule has 1 aromatic rings. The Morgan fingerprint density at radius 2 is 1.85 bits per heavy atom. The minimum absolute atomic E-state index is 0.0470. The normalized spacial score (nSPS) is 9.88. The molecule has 0 radical (unpaired) electrons. The topological polar surface area (TPSA) is 79.6 Å². The number of esters is 2. The van der Waals surface area contributed by atoms with Gasteiger partial charge in [0.25, 0.3) is 0 Å². The molecule has 140 valence electrons. The first kappa shape index (κ1) is 22.9. The molecule has 6 nitrogen and oxygen atoms in total. The van der Waals surface area contributed by atoms with E-state index in [4.69, 9.17) is 14.7 Å². The lowest BCUT2D eigenvalue weighted by molar-refractivity contribution is -0.138. The number of benzene rings is 1. The van der Waals surface area contributed by atoms with Crippen LogP contribution in [0, 0.1) is 11.3 Å². The van der Waals surface area contributed by atoms with E-state index in [1.54, 1.807) is 19.1 Å². The first-order chi connectivity index (χ1) is 12.5. The summed E-state index contributed by atoms with van der Waals surface area (Å²) < 4.78 is 9.74. The van der Waals surface area contributed by atoms with Crippen molar-refractivity contribution in [2.24, 2.45) is 0 Å². The van der Waals surface area contributed by atoms with Gasteiger partial charge in [-0.2, -0.15) is 5.26 Å². The van der Waals surface area contributed by atoms with Crippen molar-refractivity contribution in [3.63, 3.8) is 0 Å². The Morgan fingerprint density at radius 1 is 1.23 bits per heavy atom. The van der Waals surface area contributed by atoms with Crippen LogP contribution in [-0.2, 0) is 19.1 Å². The Labute approximate surface area is 155 Å². The number of carbonyl (C=O) groups is 2. The molecule has 0 amide bonds. The van der Waals surface area contributed by atoms with E-state index >= 15 is 0 Å². The van der Waals surface area contributed by atoms with E-state index in [-0.39, 0.29) is 18.8 Å². The van der Waals surface area contributed by atoms with Gasteiger partial charge in [0.2, 0.25) is 0 Å². The smallest absolute Gasteiger partial charge is 0.348 e. The zero-order chi connectivity index (χ0) is 19.9. The van der Waals surface area contributed by atoms with Crippen LogP contribution >= 0.6 is 0 Å². The van der Waals surface area contributed by atoms with Crippen molar-refractivity contribution in [2.45, 2.75) is 20.8 Å². The largest absolute Gasteiger partial charge is 0.462 e. The van der Waals surface area contributed by atoms with E-state index in [1.807, 2.05) is 44.0 Å². The quantitative estimate of drug-likeness (QED) is 0.403. The van der Waals surface area contributed by atoms with Crippen molar-refractivity contribution in [3.8, 4) is 6.07 Å². The maximum absolute atomic E-state index is 11.6. The monoisotopic (exact) mass is 358 g/mol. The number of nitrogens with zero attached hydrogens (tertiary/aromatic N) is 2. The first-order valence-corrected chi connectivity index (χ1v) is 8.41. The number of anilines is 1. The standard InChI is InChI=1S/C18H20N2O4.C2H6/c1-4-17(21)24-11-10-20(3)16-8-6-14(7-9-16)12-15(13-19)18(22)23-5-2;1-2/h4,6-9,12H,1,5,10-11H2,2-3H3;1-2H3/b15-12-;. The molecule has 1 aromatic carbocycles. The zero-order valence-corrected chi connectivity index (χ0v) is 15.8. The summed E-state index contributed by atoms with van der Waals surface area (Å²) in [6, 6.07) is 9.11. The number of hydrogen-bond donors (Lipinski definition) is 0. The molecule has 0 saturated heterocycles. The summed E-state index contributed by atoms with van der Waals surface area (Å²) in [4.78, 5) is 24.5. The van der Waals surface area contributed by atoms with Crippen LogP contribution in [0.3, 0.4) is 0 Å². The average Bonchev–Trinajstić information content (AvgIpc) is 2.67. The summed E-state index contributed by atoms with van der Waals surface area (Å²) in [5.41, 5.74) is 1.58. The highest BCUT2D eigenvalue weighted by atomic mass is 16.5. The van der Waals surface area contributed by atoms with Crippen LogP contribution in [0.2, 0.25) is 0 Å². The molecule has 0 aliphatic heterocycles. The molecule has 0 aromatic heterocycles. The molecule has 0 aliphatic carbocycles. The molecule has 0 bridgehead atoms. The van der Waals surface area contributed by atoms with Gasteiger partial charge in [0.15, 0.2) is 0 Å². The fraction of sp³-hybridized carbons (Fsp3) is 0.350. The minimum Gasteiger partial charge on any atom is -0.462 e. The van der Waals surface area contributed by atoms with Gasteiger partial charge in [-0.1, -0.05) is 32.6 Å². The molecule has 26 heavy (non-hydrogen) atoms. The fourth-order valence-electron chi connectivity index (χ4n) is 1.81. The molecule has 0 heterocycles. The number of likely N-dealkylation sites (N-methyl/N-ethyl adjacent to an activating group) is 1. The van der Waals surface area contributed by atoms with E-state index in [9.17, 15) is 9.59 Å². The van der Waals surface area contributed by atoms with Gasteiger partial charge in [-0.05, 0) is 30.7 Å². The van der Waals surface area contributed by atoms with Crippen molar-refractivity contribution in [1.82, 2.24) is 0 Å². The molecule has 6 heteroatoms. The molecule has 1 rings (SSSR count). The number of ether oxygens (including phenoxy) is 2. The highest BCUT2D eigenvalue weighted by molar-refractivity contribution is 5.97. The maximum Gasteiger partial charge on any atom is 0.348 e. The predicted molar refractivity (Wildman–Crippen MR) is 102 cm³/mol. The Kier molecular flexibility index (Phi) is 11.7. The predicted octanol–water partition coefficient (Wildman–Crippen LogP) is 3.35. The Balaban J connectivity index is 0.00000301. The van der Waals surface area contributed by atoms with Crippen LogP contribution in [0.1, 0.15) is 26.3 Å². The molecule has 0 spiro atoms. The molecule has 0 aliphatic rings. The Bertz CT molecular complexity index is 657. The van der Waals surface area contributed by atoms with Gasteiger partial charge in [0.1, 0.15) is 18.2 Å². The number of carbonyl (C=O) groups excluding carboxylic acids is 2. The third-order valence-electron chi connectivity index (χ3n) is 3.10. The lowest BCUT2D eigenvalue weighted by Crippen LogP contribution is -2.23. The van der Waals surface area contributed by atoms with Gasteiger partial charge in [-0.25, -0.2) is 9.59 Å². The molecule has 0 N–H and O–H groups in total. The van der Waals surface area contributed by atoms with Crippen molar-refractivity contribution in [2.75, 3.05) is 31.7 Å². The number of rotatable bonds is 8. The van der Waals surface area contributed by atoms with Crippen LogP contribution in [0.25, 0.3) is 6.08 Å². The van der Waals surface area contributed by atoms with Gasteiger partial charge < -0.3 is 14.4 Å². The minimum atomic E-state index is -0.634. The second kappa shape index (κ2) is 13.2. The summed E-state index contributed by atoms with van der Waals surface area (Å²) >= 11 is 0. The third kappa shape index (κ3) is 8.15. The third-order valence-corrected chi connectivity index (χ3v) is 3.10. The summed E-state index contributed by atoms with van der Waals surface area (Å²) in [5.74, 6) is -1.09. The first-order valence-electron chi connectivity index (χ1n) is 8.41. The summed E-state index contributed by atoms with van der Waals surface area (Å²) in [6.45, 7) is 10.0. The maximum atomic E-state index is 11.6. The zero-order valence-electron chi connectivity index (χ0n) is 15.8. The Morgan fingerprint density at radius 3 is 2.35 bits per heavy atom. The molecular weight excluding hydrogens is 332 g/mol. The van der Waals surface area contributed by atoms with Crippen LogP contribution in [0.4, 0.5) is 5.69 Å². The van der Waals surface area contributed by atoms with Crippen molar-refractivity contribution >= 4 is 23.7 Å². The average molecular weight is 358 g/mol. The molecule has 0 atom stereocenters. The lowest BCUT2D eigenvalue weighted by Gasteiger charge is -2.19. The van der Waals surface area contributed by atoms with E-state index < -0.39 is 11.9 Å². The molecule has 0 saturated carbocycles. The summed E-state index contributed by atoms with van der Waals surface area (Å²) in [6.07, 6.45) is 2.60. The van der Waals surface area contributed by atoms with Crippen LogP contribution in [0.15, 0.2) is 42.5 Å². The number of nitriles is 1. The van der Waals surface area contributed by atoms with Gasteiger partial charge in [-0.15, -0.1) is 0 Å². The lowest BCUT2D eigenvalue weighted by atomic mass is 10.1. The van der Waals surface area contributed by atoms with Crippen LogP contribution in [0.5, 0.6) is 0 Å².